The van der Waals surface area contributed by atoms with E-state index in [-0.39, 0.29) is 12.5 Å². The van der Waals surface area contributed by atoms with Crippen LogP contribution in [-0.2, 0) is 4.79 Å². The molecule has 0 unspecified atom stereocenters. The zero-order valence-electron chi connectivity index (χ0n) is 10.5. The van der Waals surface area contributed by atoms with Gasteiger partial charge in [0.1, 0.15) is 6.54 Å². The molecule has 92 valence electrons. The van der Waals surface area contributed by atoms with Gasteiger partial charge in [-0.1, -0.05) is 26.0 Å². The van der Waals surface area contributed by atoms with E-state index in [0.717, 1.165) is 5.56 Å². The first-order valence-corrected chi connectivity index (χ1v) is 5.64. The maximum absolute atomic E-state index is 11.0. The highest BCUT2D eigenvalue weighted by Crippen LogP contribution is 2.19. The van der Waals surface area contributed by atoms with E-state index in [1.54, 1.807) is 13.3 Å². The number of nitrogens with two attached hydrogens (primary N) is 1. The molecule has 1 aromatic rings. The maximum Gasteiger partial charge on any atom is 0.241 e. The minimum absolute atomic E-state index is 0.112. The monoisotopic (exact) mass is 233 g/mol. The van der Waals surface area contributed by atoms with Crippen LogP contribution in [0.1, 0.15) is 30.9 Å². The highest BCUT2D eigenvalue weighted by molar-refractivity contribution is 5.89. The van der Waals surface area contributed by atoms with E-state index in [1.807, 2.05) is 18.2 Å². The first kappa shape index (κ1) is 13.2. The van der Waals surface area contributed by atoms with Gasteiger partial charge in [0.25, 0.3) is 0 Å². The maximum atomic E-state index is 11.0. The standard InChI is InChI=1S/C13H19N3O/c1-9(2)10-4-5-11(12(14)6-10)7-16-8-13(17)15-3/h4-7,9H,8,14H2,1-3H3,(H,15,17). The van der Waals surface area contributed by atoms with Gasteiger partial charge < -0.3 is 11.1 Å². The molecule has 0 saturated carbocycles. The molecule has 0 aliphatic carbocycles. The average molecular weight is 233 g/mol. The van der Waals surface area contributed by atoms with Crippen LogP contribution < -0.4 is 11.1 Å². The van der Waals surface area contributed by atoms with Crippen molar-refractivity contribution in [1.29, 1.82) is 0 Å². The van der Waals surface area contributed by atoms with Gasteiger partial charge in [0, 0.05) is 24.5 Å². The summed E-state index contributed by atoms with van der Waals surface area (Å²) in [4.78, 5) is 15.0. The van der Waals surface area contributed by atoms with Crippen LogP contribution in [0, 0.1) is 0 Å². The number of carbonyl (C=O) groups excluding carboxylic acids is 1. The Morgan fingerprint density at radius 1 is 1.53 bits per heavy atom. The van der Waals surface area contributed by atoms with Crippen LogP contribution in [0.25, 0.3) is 0 Å². The van der Waals surface area contributed by atoms with Crippen molar-refractivity contribution in [1.82, 2.24) is 5.32 Å². The number of likely N-dealkylation sites (N-methyl/N-ethyl adjacent to an activating group) is 1. The molecule has 1 aromatic carbocycles. The predicted molar refractivity (Wildman–Crippen MR) is 71.5 cm³/mol. The van der Waals surface area contributed by atoms with Crippen LogP contribution in [0.4, 0.5) is 5.69 Å². The lowest BCUT2D eigenvalue weighted by Gasteiger charge is -2.07. The molecule has 1 amide bonds. The normalized spacial score (nSPS) is 11.1. The Labute approximate surface area is 102 Å². The summed E-state index contributed by atoms with van der Waals surface area (Å²) in [7, 11) is 1.59. The summed E-state index contributed by atoms with van der Waals surface area (Å²) in [5, 5.41) is 2.51. The minimum atomic E-state index is -0.112. The number of anilines is 1. The van der Waals surface area contributed by atoms with Crippen LogP contribution >= 0.6 is 0 Å². The molecule has 3 N–H and O–H groups in total. The van der Waals surface area contributed by atoms with E-state index in [1.165, 1.54) is 5.56 Å². The molecule has 4 heteroatoms. The van der Waals surface area contributed by atoms with Gasteiger partial charge in [0.2, 0.25) is 5.91 Å². The molecular weight excluding hydrogens is 214 g/mol. The highest BCUT2D eigenvalue weighted by atomic mass is 16.1. The Kier molecular flexibility index (Phi) is 4.69. The molecule has 0 atom stereocenters. The summed E-state index contributed by atoms with van der Waals surface area (Å²) in [5.74, 6) is 0.341. The first-order chi connectivity index (χ1) is 8.04. The van der Waals surface area contributed by atoms with Gasteiger partial charge in [-0.25, -0.2) is 0 Å². The van der Waals surface area contributed by atoms with E-state index in [0.29, 0.717) is 11.6 Å². The number of rotatable bonds is 4. The number of nitrogen functional groups attached to an aromatic ring is 1. The van der Waals surface area contributed by atoms with Gasteiger partial charge >= 0.3 is 0 Å². The summed E-state index contributed by atoms with van der Waals surface area (Å²) in [5.41, 5.74) is 8.65. The third-order valence-corrected chi connectivity index (χ3v) is 2.52. The van der Waals surface area contributed by atoms with Gasteiger partial charge in [0.15, 0.2) is 0 Å². The Morgan fingerprint density at radius 2 is 2.24 bits per heavy atom. The zero-order chi connectivity index (χ0) is 12.8. The average Bonchev–Trinajstić information content (AvgIpc) is 2.30. The van der Waals surface area contributed by atoms with Crippen LogP contribution in [-0.4, -0.2) is 25.7 Å². The summed E-state index contributed by atoms with van der Waals surface area (Å²) in [6.45, 7) is 4.37. The smallest absolute Gasteiger partial charge is 0.241 e. The number of nitrogens with zero attached hydrogens (tertiary/aromatic N) is 1. The summed E-state index contributed by atoms with van der Waals surface area (Å²) < 4.78 is 0. The first-order valence-electron chi connectivity index (χ1n) is 5.64. The number of benzene rings is 1. The molecule has 0 heterocycles. The molecular formula is C13H19N3O. The van der Waals surface area contributed by atoms with E-state index >= 15 is 0 Å². The third kappa shape index (κ3) is 3.90. The molecule has 0 fully saturated rings. The van der Waals surface area contributed by atoms with Crippen molar-refractivity contribution < 1.29 is 4.79 Å². The van der Waals surface area contributed by atoms with Crippen molar-refractivity contribution in [2.45, 2.75) is 19.8 Å². The summed E-state index contributed by atoms with van der Waals surface area (Å²) in [6, 6.07) is 5.91. The number of nitrogens with one attached hydrogen (secondary N) is 1. The van der Waals surface area contributed by atoms with Crippen molar-refractivity contribution in [2.75, 3.05) is 19.3 Å². The molecule has 17 heavy (non-hydrogen) atoms. The molecule has 0 aliphatic heterocycles. The minimum Gasteiger partial charge on any atom is -0.398 e. The van der Waals surface area contributed by atoms with E-state index < -0.39 is 0 Å². The molecule has 0 saturated heterocycles. The molecule has 0 radical (unpaired) electrons. The Balaban J connectivity index is 2.76. The number of hydrogen-bond acceptors (Lipinski definition) is 3. The van der Waals surface area contributed by atoms with Gasteiger partial charge in [-0.15, -0.1) is 0 Å². The predicted octanol–water partition coefficient (Wildman–Crippen LogP) is 1.56. The lowest BCUT2D eigenvalue weighted by molar-refractivity contribution is -0.119. The van der Waals surface area contributed by atoms with Gasteiger partial charge in [-0.05, 0) is 17.5 Å². The molecule has 0 bridgehead atoms. The second-order valence-corrected chi connectivity index (χ2v) is 4.19. The molecule has 0 aliphatic rings. The van der Waals surface area contributed by atoms with Gasteiger partial charge in [-0.2, -0.15) is 0 Å². The quantitative estimate of drug-likeness (QED) is 0.612. The molecule has 0 aromatic heterocycles. The van der Waals surface area contributed by atoms with Gasteiger partial charge in [0.05, 0.1) is 0 Å². The fourth-order valence-corrected chi connectivity index (χ4v) is 1.38. The topological polar surface area (TPSA) is 67.5 Å². The largest absolute Gasteiger partial charge is 0.398 e. The number of aliphatic imine (C=N–C) groups is 1. The summed E-state index contributed by atoms with van der Waals surface area (Å²) >= 11 is 0. The number of hydrogen-bond donors (Lipinski definition) is 2. The Morgan fingerprint density at radius 3 is 2.76 bits per heavy atom. The van der Waals surface area contributed by atoms with E-state index in [2.05, 4.69) is 24.2 Å². The third-order valence-electron chi connectivity index (χ3n) is 2.52. The van der Waals surface area contributed by atoms with Crippen LogP contribution in [0.5, 0.6) is 0 Å². The van der Waals surface area contributed by atoms with Crippen molar-refractivity contribution in [3.63, 3.8) is 0 Å². The number of carbonyl (C=O) groups is 1. The van der Waals surface area contributed by atoms with E-state index in [4.69, 9.17) is 5.73 Å². The van der Waals surface area contributed by atoms with Crippen molar-refractivity contribution >= 4 is 17.8 Å². The second-order valence-electron chi connectivity index (χ2n) is 4.19. The molecule has 1 rings (SSSR count). The second kappa shape index (κ2) is 6.03. The lowest BCUT2D eigenvalue weighted by Crippen LogP contribution is -2.20. The number of amides is 1. The van der Waals surface area contributed by atoms with Crippen LogP contribution in [0.2, 0.25) is 0 Å². The van der Waals surface area contributed by atoms with Crippen molar-refractivity contribution in [2.24, 2.45) is 4.99 Å². The molecule has 4 nitrogen and oxygen atoms in total. The lowest BCUT2D eigenvalue weighted by atomic mass is 10.0. The van der Waals surface area contributed by atoms with Crippen molar-refractivity contribution in [3.05, 3.63) is 29.3 Å². The Bertz CT molecular complexity index is 425. The highest BCUT2D eigenvalue weighted by Gasteiger charge is 2.02. The van der Waals surface area contributed by atoms with Crippen LogP contribution in [0.3, 0.4) is 0 Å². The van der Waals surface area contributed by atoms with Gasteiger partial charge in [-0.3, -0.25) is 9.79 Å². The summed E-state index contributed by atoms with van der Waals surface area (Å²) in [6.07, 6.45) is 1.63. The van der Waals surface area contributed by atoms with Crippen molar-refractivity contribution in [3.8, 4) is 0 Å². The van der Waals surface area contributed by atoms with Crippen LogP contribution in [0.15, 0.2) is 23.2 Å². The van der Waals surface area contributed by atoms with E-state index in [9.17, 15) is 4.79 Å². The Hall–Kier alpha value is -1.84. The molecule has 0 spiro atoms. The zero-order valence-corrected chi connectivity index (χ0v) is 10.5. The fraction of sp³-hybridized carbons (Fsp3) is 0.385. The SMILES string of the molecule is CNC(=O)CN=Cc1ccc(C(C)C)cc1N. The fourth-order valence-electron chi connectivity index (χ4n) is 1.38.